The Hall–Kier alpha value is -2.84. The minimum Gasteiger partial charge on any atom is -0.494 e. The van der Waals surface area contributed by atoms with E-state index in [1.54, 1.807) is 18.3 Å². The van der Waals surface area contributed by atoms with Gasteiger partial charge in [-0.25, -0.2) is 22.2 Å². The number of benzene rings is 2. The molecule has 142 valence electrons. The second-order valence-electron chi connectivity index (χ2n) is 5.93. The summed E-state index contributed by atoms with van der Waals surface area (Å²) >= 11 is 0.994. The van der Waals surface area contributed by atoms with Crippen LogP contribution < -0.4 is 4.74 Å². The highest BCUT2D eigenvalue weighted by Crippen LogP contribution is 2.43. The van der Waals surface area contributed by atoms with Crippen molar-refractivity contribution in [1.29, 1.82) is 0 Å². The van der Waals surface area contributed by atoms with Crippen LogP contribution in [0.2, 0.25) is 0 Å². The average molecular weight is 417 g/mol. The highest BCUT2D eigenvalue weighted by molar-refractivity contribution is 7.93. The minimum atomic E-state index is -4.05. The van der Waals surface area contributed by atoms with E-state index in [1.165, 1.54) is 43.5 Å². The molecular formula is C20H13F2NO3S2. The summed E-state index contributed by atoms with van der Waals surface area (Å²) in [6.45, 7) is 0. The lowest BCUT2D eigenvalue weighted by molar-refractivity contribution is 0.385. The third kappa shape index (κ3) is 3.04. The normalized spacial score (nSPS) is 11.7. The lowest BCUT2D eigenvalue weighted by atomic mass is 10.1. The van der Waals surface area contributed by atoms with Crippen molar-refractivity contribution in [2.75, 3.05) is 7.11 Å². The minimum absolute atomic E-state index is 0.0253. The maximum atomic E-state index is 14.1. The second-order valence-corrected chi connectivity index (χ2v) is 9.07. The molecule has 0 aliphatic carbocycles. The molecule has 0 amide bonds. The Bertz CT molecular complexity index is 1280. The van der Waals surface area contributed by atoms with Crippen molar-refractivity contribution in [1.82, 2.24) is 4.98 Å². The molecule has 0 aliphatic rings. The van der Waals surface area contributed by atoms with Crippen LogP contribution in [0.1, 0.15) is 0 Å². The van der Waals surface area contributed by atoms with Gasteiger partial charge in [-0.3, -0.25) is 0 Å². The first-order valence-corrected chi connectivity index (χ1v) is 10.4. The zero-order chi connectivity index (χ0) is 19.9. The van der Waals surface area contributed by atoms with E-state index in [1.807, 2.05) is 0 Å². The molecule has 0 N–H and O–H groups in total. The molecule has 0 unspecified atom stereocenters. The largest absolute Gasteiger partial charge is 0.494 e. The second kappa shape index (κ2) is 6.96. The fourth-order valence-corrected chi connectivity index (χ4v) is 5.99. The Balaban J connectivity index is 1.99. The molecule has 8 heteroatoms. The van der Waals surface area contributed by atoms with Gasteiger partial charge < -0.3 is 4.74 Å². The number of rotatable bonds is 4. The molecule has 0 atom stereocenters. The predicted octanol–water partition coefficient (Wildman–Crippen LogP) is 5.08. The smallest absolute Gasteiger partial charge is 0.216 e. The number of fused-ring (bicyclic) bond motifs is 1. The van der Waals surface area contributed by atoms with Crippen molar-refractivity contribution in [3.63, 3.8) is 0 Å². The zero-order valence-corrected chi connectivity index (χ0v) is 16.2. The Morgan fingerprint density at radius 2 is 1.79 bits per heavy atom. The molecule has 0 radical (unpaired) electrons. The quantitative estimate of drug-likeness (QED) is 0.465. The van der Waals surface area contributed by atoms with Crippen molar-refractivity contribution in [2.45, 2.75) is 9.10 Å². The predicted molar refractivity (Wildman–Crippen MR) is 103 cm³/mol. The van der Waals surface area contributed by atoms with Crippen molar-refractivity contribution < 1.29 is 21.9 Å². The average Bonchev–Trinajstić information content (AvgIpc) is 3.09. The van der Waals surface area contributed by atoms with Gasteiger partial charge in [0.1, 0.15) is 14.9 Å². The van der Waals surface area contributed by atoms with Gasteiger partial charge in [-0.05, 0) is 48.0 Å². The first-order valence-electron chi connectivity index (χ1n) is 8.14. The SMILES string of the molecule is COc1ccc(S(=O)(=O)c2sc3ncccc3c2-c2ccc(F)cc2)cc1F. The van der Waals surface area contributed by atoms with Gasteiger partial charge in [-0.1, -0.05) is 12.1 Å². The van der Waals surface area contributed by atoms with Gasteiger partial charge in [0.25, 0.3) is 0 Å². The fourth-order valence-electron chi connectivity index (χ4n) is 2.91. The van der Waals surface area contributed by atoms with Crippen molar-refractivity contribution in [3.8, 4) is 16.9 Å². The summed E-state index contributed by atoms with van der Waals surface area (Å²) in [6, 6.07) is 12.5. The number of sulfone groups is 1. The van der Waals surface area contributed by atoms with E-state index >= 15 is 0 Å². The van der Waals surface area contributed by atoms with Gasteiger partial charge in [0, 0.05) is 17.1 Å². The van der Waals surface area contributed by atoms with Crippen LogP contribution in [0.4, 0.5) is 8.78 Å². The number of methoxy groups -OCH3 is 1. The molecule has 0 spiro atoms. The number of halogens is 2. The molecule has 0 bridgehead atoms. The summed E-state index contributed by atoms with van der Waals surface area (Å²) in [5.41, 5.74) is 0.956. The molecule has 4 aromatic rings. The maximum absolute atomic E-state index is 14.1. The summed E-state index contributed by atoms with van der Waals surface area (Å²) in [7, 11) is -2.75. The van der Waals surface area contributed by atoms with Crippen molar-refractivity contribution in [2.24, 2.45) is 0 Å². The highest BCUT2D eigenvalue weighted by Gasteiger charge is 2.28. The van der Waals surface area contributed by atoms with Gasteiger partial charge >= 0.3 is 0 Å². The highest BCUT2D eigenvalue weighted by atomic mass is 32.2. The van der Waals surface area contributed by atoms with E-state index in [9.17, 15) is 17.2 Å². The van der Waals surface area contributed by atoms with Crippen LogP contribution in [0, 0.1) is 11.6 Å². The van der Waals surface area contributed by atoms with Crippen LogP contribution in [0.3, 0.4) is 0 Å². The van der Waals surface area contributed by atoms with Crippen LogP contribution in [-0.4, -0.2) is 20.5 Å². The molecule has 2 aromatic heterocycles. The molecule has 2 heterocycles. The molecule has 4 rings (SSSR count). The Morgan fingerprint density at radius 1 is 1.04 bits per heavy atom. The summed E-state index contributed by atoms with van der Waals surface area (Å²) in [4.78, 5) is 4.57. The number of nitrogens with zero attached hydrogens (tertiary/aromatic N) is 1. The lowest BCUT2D eigenvalue weighted by Crippen LogP contribution is -2.02. The molecule has 2 aromatic carbocycles. The standard InChI is InChI=1S/C20H13F2NO3S2/c1-26-17-9-8-14(11-16(17)22)28(24,25)20-18(12-4-6-13(21)7-5-12)15-3-2-10-23-19(15)27-20/h2-11H,1H3. The molecular weight excluding hydrogens is 404 g/mol. The summed E-state index contributed by atoms with van der Waals surface area (Å²) < 4.78 is 59.0. The lowest BCUT2D eigenvalue weighted by Gasteiger charge is -2.08. The van der Waals surface area contributed by atoms with E-state index in [0.29, 0.717) is 21.3 Å². The van der Waals surface area contributed by atoms with Crippen molar-refractivity contribution >= 4 is 31.4 Å². The topological polar surface area (TPSA) is 56.3 Å². The number of hydrogen-bond acceptors (Lipinski definition) is 5. The van der Waals surface area contributed by atoms with Gasteiger partial charge in [0.05, 0.1) is 12.0 Å². The molecule has 0 saturated heterocycles. The summed E-state index contributed by atoms with van der Waals surface area (Å²) in [6.07, 6.45) is 1.57. The van der Waals surface area contributed by atoms with Crippen LogP contribution in [-0.2, 0) is 9.84 Å². The summed E-state index contributed by atoms with van der Waals surface area (Å²) in [5.74, 6) is -1.25. The van der Waals surface area contributed by atoms with E-state index in [4.69, 9.17) is 4.74 Å². The first-order chi connectivity index (χ1) is 13.4. The van der Waals surface area contributed by atoms with Crippen LogP contribution in [0.25, 0.3) is 21.3 Å². The number of aromatic nitrogens is 1. The molecule has 0 saturated carbocycles. The maximum Gasteiger partial charge on any atom is 0.216 e. The summed E-state index contributed by atoms with van der Waals surface area (Å²) in [5, 5.41) is 0.631. The van der Waals surface area contributed by atoms with Crippen LogP contribution in [0.15, 0.2) is 69.9 Å². The van der Waals surface area contributed by atoms with Crippen LogP contribution >= 0.6 is 11.3 Å². The monoisotopic (exact) mass is 417 g/mol. The van der Waals surface area contributed by atoms with E-state index in [0.717, 1.165) is 17.4 Å². The molecule has 28 heavy (non-hydrogen) atoms. The molecule has 0 aliphatic heterocycles. The molecule has 0 fully saturated rings. The van der Waals surface area contributed by atoms with Gasteiger partial charge in [-0.15, -0.1) is 11.3 Å². The van der Waals surface area contributed by atoms with Gasteiger partial charge in [-0.2, -0.15) is 0 Å². The Kier molecular flexibility index (Phi) is 4.60. The van der Waals surface area contributed by atoms with Crippen molar-refractivity contribution in [3.05, 3.63) is 72.4 Å². The van der Waals surface area contributed by atoms with E-state index in [-0.39, 0.29) is 14.9 Å². The fraction of sp³-hybridized carbons (Fsp3) is 0.0500. The number of ether oxygens (including phenoxy) is 1. The van der Waals surface area contributed by atoms with Gasteiger partial charge in [0.2, 0.25) is 9.84 Å². The molecule has 4 nitrogen and oxygen atoms in total. The van der Waals surface area contributed by atoms with Crippen LogP contribution in [0.5, 0.6) is 5.75 Å². The third-order valence-corrected chi connectivity index (χ3v) is 7.63. The van der Waals surface area contributed by atoms with E-state index in [2.05, 4.69) is 4.98 Å². The number of pyridine rings is 1. The first kappa shape index (κ1) is 18.5. The zero-order valence-electron chi connectivity index (χ0n) is 14.5. The van der Waals surface area contributed by atoms with Gasteiger partial charge in [0.15, 0.2) is 11.6 Å². The van der Waals surface area contributed by atoms with E-state index < -0.39 is 21.5 Å². The Morgan fingerprint density at radius 3 is 2.46 bits per heavy atom. The number of thiophene rings is 1. The third-order valence-electron chi connectivity index (χ3n) is 4.24. The Labute approximate surface area is 164 Å². The number of hydrogen-bond donors (Lipinski definition) is 0.